The van der Waals surface area contributed by atoms with E-state index in [-0.39, 0.29) is 16.8 Å². The van der Waals surface area contributed by atoms with Crippen LogP contribution in [0.15, 0.2) is 16.9 Å². The first-order valence-electron chi connectivity index (χ1n) is 4.67. The molecular formula is C10H9ClN2O3S. The average molecular weight is 273 g/mol. The van der Waals surface area contributed by atoms with Crippen molar-refractivity contribution in [1.82, 2.24) is 9.78 Å². The maximum absolute atomic E-state index is 11.9. The Labute approximate surface area is 106 Å². The molecule has 0 unspecified atom stereocenters. The first-order chi connectivity index (χ1) is 8.04. The van der Waals surface area contributed by atoms with Gasteiger partial charge in [0.15, 0.2) is 5.69 Å². The summed E-state index contributed by atoms with van der Waals surface area (Å²) in [7, 11) is 2.80. The van der Waals surface area contributed by atoms with Gasteiger partial charge in [0, 0.05) is 11.9 Å². The van der Waals surface area contributed by atoms with Crippen LogP contribution in [0.25, 0.3) is 10.4 Å². The normalized spacial score (nSPS) is 10.5. The van der Waals surface area contributed by atoms with Crippen LogP contribution in [-0.4, -0.2) is 22.9 Å². The van der Waals surface area contributed by atoms with Crippen molar-refractivity contribution in [2.75, 3.05) is 7.11 Å². The molecule has 0 atom stereocenters. The largest absolute Gasteiger partial charge is 0.464 e. The van der Waals surface area contributed by atoms with Crippen molar-refractivity contribution >= 4 is 28.9 Å². The summed E-state index contributed by atoms with van der Waals surface area (Å²) < 4.78 is 6.41. The molecule has 0 fully saturated rings. The Morgan fingerprint density at radius 3 is 2.76 bits per heavy atom. The number of methoxy groups -OCH3 is 1. The second-order valence-corrected chi connectivity index (χ2v) is 5.04. The van der Waals surface area contributed by atoms with Crippen LogP contribution in [0.1, 0.15) is 10.5 Å². The topological polar surface area (TPSA) is 64.1 Å². The van der Waals surface area contributed by atoms with Crippen LogP contribution >= 0.6 is 22.9 Å². The number of aromatic nitrogens is 2. The fourth-order valence-electron chi connectivity index (χ4n) is 1.48. The molecule has 2 rings (SSSR count). The summed E-state index contributed by atoms with van der Waals surface area (Å²) in [6.07, 6.45) is 0. The SMILES string of the molecule is COC(=O)c1[nH]n(C)c(=O)c1-c1ccc(Cl)s1. The third-order valence-corrected chi connectivity index (χ3v) is 3.51. The molecule has 2 heterocycles. The van der Waals surface area contributed by atoms with Crippen molar-refractivity contribution in [2.24, 2.45) is 7.05 Å². The number of nitrogens with zero attached hydrogens (tertiary/aromatic N) is 1. The van der Waals surface area contributed by atoms with E-state index in [4.69, 9.17) is 11.6 Å². The van der Waals surface area contributed by atoms with Crippen molar-refractivity contribution in [3.8, 4) is 10.4 Å². The summed E-state index contributed by atoms with van der Waals surface area (Å²) in [5.41, 5.74) is 0.138. The third-order valence-electron chi connectivity index (χ3n) is 2.26. The van der Waals surface area contributed by atoms with Crippen molar-refractivity contribution in [1.29, 1.82) is 0 Å². The zero-order valence-electron chi connectivity index (χ0n) is 9.11. The highest BCUT2D eigenvalue weighted by Gasteiger charge is 2.22. The van der Waals surface area contributed by atoms with Crippen LogP contribution in [0, 0.1) is 0 Å². The minimum Gasteiger partial charge on any atom is -0.464 e. The minimum atomic E-state index is -0.581. The highest BCUT2D eigenvalue weighted by atomic mass is 35.5. The van der Waals surface area contributed by atoms with Crippen LogP contribution in [0.3, 0.4) is 0 Å². The number of halogens is 1. The van der Waals surface area contributed by atoms with E-state index in [2.05, 4.69) is 9.84 Å². The van der Waals surface area contributed by atoms with Crippen molar-refractivity contribution < 1.29 is 9.53 Å². The van der Waals surface area contributed by atoms with E-state index in [1.807, 2.05) is 0 Å². The van der Waals surface area contributed by atoms with Crippen molar-refractivity contribution in [3.05, 3.63) is 32.5 Å². The quantitative estimate of drug-likeness (QED) is 0.849. The van der Waals surface area contributed by atoms with Gasteiger partial charge in [0.05, 0.1) is 17.0 Å². The highest BCUT2D eigenvalue weighted by molar-refractivity contribution is 7.19. The Kier molecular flexibility index (Phi) is 3.08. The number of carbonyl (C=O) groups is 1. The molecule has 5 nitrogen and oxygen atoms in total. The molecule has 0 aromatic carbocycles. The van der Waals surface area contributed by atoms with Gasteiger partial charge in [0.1, 0.15) is 0 Å². The number of hydrogen-bond donors (Lipinski definition) is 1. The van der Waals surface area contributed by atoms with Gasteiger partial charge < -0.3 is 4.74 Å². The molecule has 0 saturated heterocycles. The van der Waals surface area contributed by atoms with Gasteiger partial charge in [-0.05, 0) is 12.1 Å². The summed E-state index contributed by atoms with van der Waals surface area (Å²) in [6, 6.07) is 3.37. The molecule has 0 aliphatic rings. The molecule has 0 aliphatic carbocycles. The van der Waals surface area contributed by atoms with Crippen LogP contribution in [-0.2, 0) is 11.8 Å². The molecule has 0 saturated carbocycles. The van der Waals surface area contributed by atoms with Crippen LogP contribution in [0.4, 0.5) is 0 Å². The molecule has 0 spiro atoms. The molecule has 2 aromatic rings. The lowest BCUT2D eigenvalue weighted by atomic mass is 10.2. The summed E-state index contributed by atoms with van der Waals surface area (Å²) in [5, 5.41) is 2.66. The average Bonchev–Trinajstić information content (AvgIpc) is 2.84. The fourth-order valence-corrected chi connectivity index (χ4v) is 2.56. The number of aryl methyl sites for hydroxylation is 1. The van der Waals surface area contributed by atoms with Gasteiger partial charge in [-0.3, -0.25) is 14.6 Å². The number of thiophene rings is 1. The van der Waals surface area contributed by atoms with Gasteiger partial charge in [-0.25, -0.2) is 4.79 Å². The number of hydrogen-bond acceptors (Lipinski definition) is 4. The van der Waals surface area contributed by atoms with E-state index < -0.39 is 5.97 Å². The van der Waals surface area contributed by atoms with Gasteiger partial charge >= 0.3 is 5.97 Å². The van der Waals surface area contributed by atoms with E-state index in [1.165, 1.54) is 30.2 Å². The summed E-state index contributed by atoms with van der Waals surface area (Å²) in [6.45, 7) is 0. The zero-order chi connectivity index (χ0) is 12.6. The maximum Gasteiger partial charge on any atom is 0.356 e. The number of H-pyrrole nitrogens is 1. The molecule has 90 valence electrons. The molecule has 1 N–H and O–H groups in total. The fraction of sp³-hybridized carbons (Fsp3) is 0.200. The number of aromatic amines is 1. The minimum absolute atomic E-state index is 0.138. The predicted molar refractivity (Wildman–Crippen MR) is 65.7 cm³/mol. The molecule has 17 heavy (non-hydrogen) atoms. The van der Waals surface area contributed by atoms with E-state index in [9.17, 15) is 9.59 Å². The monoisotopic (exact) mass is 272 g/mol. The Hall–Kier alpha value is -1.53. The van der Waals surface area contributed by atoms with E-state index in [0.717, 1.165) is 0 Å². The summed E-state index contributed by atoms with van der Waals surface area (Å²) in [4.78, 5) is 24.1. The lowest BCUT2D eigenvalue weighted by Crippen LogP contribution is -2.12. The molecule has 0 bridgehead atoms. The Morgan fingerprint density at radius 2 is 2.24 bits per heavy atom. The maximum atomic E-state index is 11.9. The zero-order valence-corrected chi connectivity index (χ0v) is 10.7. The Bertz CT molecular complexity index is 626. The number of nitrogens with one attached hydrogen (secondary N) is 1. The third kappa shape index (κ3) is 2.01. The van der Waals surface area contributed by atoms with Gasteiger partial charge in [0.25, 0.3) is 5.56 Å². The summed E-state index contributed by atoms with van der Waals surface area (Å²) >= 11 is 7.05. The lowest BCUT2D eigenvalue weighted by molar-refractivity contribution is 0.0594. The van der Waals surface area contributed by atoms with Gasteiger partial charge in [-0.15, -0.1) is 11.3 Å². The molecule has 7 heteroatoms. The highest BCUT2D eigenvalue weighted by Crippen LogP contribution is 2.30. The number of carbonyl (C=O) groups excluding carboxylic acids is 1. The lowest BCUT2D eigenvalue weighted by Gasteiger charge is -1.97. The first-order valence-corrected chi connectivity index (χ1v) is 5.87. The molecule has 0 amide bonds. The second-order valence-electron chi connectivity index (χ2n) is 3.32. The second kappa shape index (κ2) is 4.38. The van der Waals surface area contributed by atoms with E-state index in [0.29, 0.717) is 9.21 Å². The van der Waals surface area contributed by atoms with E-state index >= 15 is 0 Å². The van der Waals surface area contributed by atoms with Crippen LogP contribution in [0.2, 0.25) is 4.34 Å². The summed E-state index contributed by atoms with van der Waals surface area (Å²) in [5.74, 6) is -0.581. The number of ether oxygens (including phenoxy) is 1. The smallest absolute Gasteiger partial charge is 0.356 e. The molecular weight excluding hydrogens is 264 g/mol. The van der Waals surface area contributed by atoms with Crippen LogP contribution < -0.4 is 5.56 Å². The van der Waals surface area contributed by atoms with Gasteiger partial charge in [0.2, 0.25) is 0 Å². The number of esters is 1. The van der Waals surface area contributed by atoms with Crippen molar-refractivity contribution in [3.63, 3.8) is 0 Å². The predicted octanol–water partition coefficient (Wildman–Crippen LogP) is 1.88. The number of rotatable bonds is 2. The van der Waals surface area contributed by atoms with Gasteiger partial charge in [-0.1, -0.05) is 11.6 Å². The molecule has 0 aliphatic heterocycles. The first kappa shape index (κ1) is 11.9. The standard InChI is InChI=1S/C10H9ClN2O3S/c1-13-9(14)7(5-3-4-6(11)17-5)8(12-13)10(15)16-2/h3-4,12H,1-2H3. The molecule has 0 radical (unpaired) electrons. The Balaban J connectivity index is 2.67. The van der Waals surface area contributed by atoms with Crippen molar-refractivity contribution in [2.45, 2.75) is 0 Å². The van der Waals surface area contributed by atoms with Crippen LogP contribution in [0.5, 0.6) is 0 Å². The van der Waals surface area contributed by atoms with E-state index in [1.54, 1.807) is 12.1 Å². The van der Waals surface area contributed by atoms with Gasteiger partial charge in [-0.2, -0.15) is 0 Å². The Morgan fingerprint density at radius 1 is 1.53 bits per heavy atom. The molecule has 2 aromatic heterocycles.